The second kappa shape index (κ2) is 6.18. The van der Waals surface area contributed by atoms with Crippen LogP contribution < -0.4 is 15.8 Å². The van der Waals surface area contributed by atoms with Gasteiger partial charge in [-0.1, -0.05) is 18.2 Å². The van der Waals surface area contributed by atoms with Crippen LogP contribution in [0, 0.1) is 0 Å². The normalized spacial score (nSPS) is 13.0. The van der Waals surface area contributed by atoms with Gasteiger partial charge in [0.25, 0.3) is 11.8 Å². The zero-order valence-corrected chi connectivity index (χ0v) is 16.3. The number of ether oxygens (including phenoxy) is 1. The van der Waals surface area contributed by atoms with Crippen molar-refractivity contribution in [2.45, 2.75) is 0 Å². The largest absolute Gasteiger partial charge is 0.496 e. The molecule has 0 fully saturated rings. The standard InChI is InChI=1S/C23H17N3O4/c1-26-15-8-7-11(21(24)27)9-14(15)18-16(26)10-13(12-5-3-4-6-17(12)30-2)19-20(18)23(29)25-22(19)28/h3-10H,1-2H3,(H2,24,27)(H,25,28,29). The van der Waals surface area contributed by atoms with Crippen LogP contribution in [0.1, 0.15) is 31.1 Å². The molecule has 0 saturated heterocycles. The molecule has 5 rings (SSSR count). The minimum absolute atomic E-state index is 0.297. The summed E-state index contributed by atoms with van der Waals surface area (Å²) in [5.41, 5.74) is 9.29. The van der Waals surface area contributed by atoms with Crippen molar-refractivity contribution in [3.63, 3.8) is 0 Å². The molecule has 0 radical (unpaired) electrons. The van der Waals surface area contributed by atoms with Crippen molar-refractivity contribution < 1.29 is 19.1 Å². The average Bonchev–Trinajstić information content (AvgIpc) is 3.20. The monoisotopic (exact) mass is 399 g/mol. The van der Waals surface area contributed by atoms with Gasteiger partial charge in [-0.2, -0.15) is 0 Å². The lowest BCUT2D eigenvalue weighted by atomic mass is 9.92. The zero-order chi connectivity index (χ0) is 21.2. The third-order valence-electron chi connectivity index (χ3n) is 5.66. The highest BCUT2D eigenvalue weighted by molar-refractivity contribution is 6.32. The van der Waals surface area contributed by atoms with Crippen LogP contribution in [0.3, 0.4) is 0 Å². The van der Waals surface area contributed by atoms with Crippen LogP contribution in [0.2, 0.25) is 0 Å². The Kier molecular flexibility index (Phi) is 3.70. The van der Waals surface area contributed by atoms with E-state index in [1.165, 1.54) is 0 Å². The molecule has 1 aromatic heterocycles. The number of hydrogen-bond donors (Lipinski definition) is 2. The number of imide groups is 1. The highest BCUT2D eigenvalue weighted by atomic mass is 16.5. The van der Waals surface area contributed by atoms with Gasteiger partial charge in [0.15, 0.2) is 0 Å². The van der Waals surface area contributed by atoms with Crippen molar-refractivity contribution in [1.82, 2.24) is 9.88 Å². The van der Waals surface area contributed by atoms with Crippen LogP contribution in [0.25, 0.3) is 32.9 Å². The first-order valence-electron chi connectivity index (χ1n) is 9.30. The number of fused-ring (bicyclic) bond motifs is 5. The van der Waals surface area contributed by atoms with E-state index in [9.17, 15) is 14.4 Å². The molecule has 0 saturated carbocycles. The number of nitrogens with two attached hydrogens (primary N) is 1. The van der Waals surface area contributed by atoms with Gasteiger partial charge < -0.3 is 15.0 Å². The number of carbonyl (C=O) groups excluding carboxylic acids is 3. The summed E-state index contributed by atoms with van der Waals surface area (Å²) < 4.78 is 7.43. The molecule has 0 spiro atoms. The smallest absolute Gasteiger partial charge is 0.259 e. The average molecular weight is 399 g/mol. The Bertz CT molecular complexity index is 1430. The van der Waals surface area contributed by atoms with Gasteiger partial charge in [-0.3, -0.25) is 19.7 Å². The van der Waals surface area contributed by atoms with Crippen molar-refractivity contribution in [1.29, 1.82) is 0 Å². The number of hydrogen-bond acceptors (Lipinski definition) is 4. The first-order valence-corrected chi connectivity index (χ1v) is 9.30. The number of nitrogens with one attached hydrogen (secondary N) is 1. The molecule has 7 nitrogen and oxygen atoms in total. The molecular formula is C23H17N3O4. The van der Waals surface area contributed by atoms with Crippen molar-refractivity contribution in [3.05, 3.63) is 65.2 Å². The summed E-state index contributed by atoms with van der Waals surface area (Å²) in [6.07, 6.45) is 0. The van der Waals surface area contributed by atoms with Crippen molar-refractivity contribution in [2.75, 3.05) is 7.11 Å². The molecule has 30 heavy (non-hydrogen) atoms. The summed E-state index contributed by atoms with van der Waals surface area (Å²) in [5, 5.41) is 3.72. The van der Waals surface area contributed by atoms with E-state index >= 15 is 0 Å². The number of methoxy groups -OCH3 is 1. The molecule has 3 N–H and O–H groups in total. The minimum Gasteiger partial charge on any atom is -0.496 e. The third kappa shape index (κ3) is 2.29. The minimum atomic E-state index is -0.559. The molecule has 4 aromatic rings. The van der Waals surface area contributed by atoms with E-state index in [1.54, 1.807) is 31.4 Å². The molecule has 0 aliphatic carbocycles. The van der Waals surface area contributed by atoms with Crippen molar-refractivity contribution in [3.8, 4) is 16.9 Å². The maximum absolute atomic E-state index is 12.8. The number of para-hydroxylation sites is 1. The van der Waals surface area contributed by atoms with Crippen LogP contribution in [0.5, 0.6) is 5.75 Å². The number of aromatic nitrogens is 1. The molecule has 0 atom stereocenters. The van der Waals surface area contributed by atoms with E-state index in [0.717, 1.165) is 11.0 Å². The van der Waals surface area contributed by atoms with Gasteiger partial charge in [-0.15, -0.1) is 0 Å². The fourth-order valence-electron chi connectivity index (χ4n) is 4.29. The van der Waals surface area contributed by atoms with E-state index in [2.05, 4.69) is 5.32 Å². The lowest BCUT2D eigenvalue weighted by Gasteiger charge is -2.12. The van der Waals surface area contributed by atoms with Crippen molar-refractivity contribution in [2.24, 2.45) is 12.8 Å². The maximum atomic E-state index is 12.8. The van der Waals surface area contributed by atoms with Gasteiger partial charge in [0.1, 0.15) is 5.75 Å². The third-order valence-corrected chi connectivity index (χ3v) is 5.66. The van der Waals surface area contributed by atoms with Gasteiger partial charge >= 0.3 is 0 Å². The van der Waals surface area contributed by atoms with E-state index in [4.69, 9.17) is 10.5 Å². The molecular weight excluding hydrogens is 382 g/mol. The highest BCUT2D eigenvalue weighted by Crippen LogP contribution is 2.42. The summed E-state index contributed by atoms with van der Waals surface area (Å²) in [6.45, 7) is 0. The molecule has 1 aliphatic heterocycles. The van der Waals surface area contributed by atoms with Crippen LogP contribution in [-0.2, 0) is 7.05 Å². The van der Waals surface area contributed by atoms with Crippen molar-refractivity contribution >= 4 is 39.5 Å². The maximum Gasteiger partial charge on any atom is 0.259 e. The summed E-state index contributed by atoms with van der Waals surface area (Å²) in [7, 11) is 3.44. The fraction of sp³-hybridized carbons (Fsp3) is 0.0870. The number of primary amides is 1. The predicted molar refractivity (Wildman–Crippen MR) is 113 cm³/mol. The summed E-state index contributed by atoms with van der Waals surface area (Å²) in [6, 6.07) is 14.3. The highest BCUT2D eigenvalue weighted by Gasteiger charge is 2.34. The summed E-state index contributed by atoms with van der Waals surface area (Å²) in [5.74, 6) is -0.882. The number of benzene rings is 3. The summed E-state index contributed by atoms with van der Waals surface area (Å²) >= 11 is 0. The molecule has 0 bridgehead atoms. The molecule has 1 aliphatic rings. The molecule has 7 heteroatoms. The fourth-order valence-corrected chi connectivity index (χ4v) is 4.29. The van der Waals surface area contributed by atoms with Crippen LogP contribution in [0.15, 0.2) is 48.5 Å². The van der Waals surface area contributed by atoms with Gasteiger partial charge in [0.2, 0.25) is 5.91 Å². The first-order chi connectivity index (χ1) is 14.4. The Morgan fingerprint density at radius 1 is 0.967 bits per heavy atom. The molecule has 148 valence electrons. The lowest BCUT2D eigenvalue weighted by Crippen LogP contribution is -2.20. The molecule has 0 unspecified atom stereocenters. The van der Waals surface area contributed by atoms with Gasteiger partial charge in [-0.25, -0.2) is 0 Å². The Hall–Kier alpha value is -4.13. The first kappa shape index (κ1) is 17.9. The Labute approximate surface area is 171 Å². The molecule has 2 heterocycles. The quantitative estimate of drug-likeness (QED) is 0.517. The van der Waals surface area contributed by atoms with E-state index in [0.29, 0.717) is 44.3 Å². The van der Waals surface area contributed by atoms with Gasteiger partial charge in [-0.05, 0) is 30.3 Å². The Balaban J connectivity index is 1.99. The molecule has 3 amide bonds. The SMILES string of the molecule is COc1ccccc1-c1cc2c(c3c1C(=O)NC3=O)c1cc(C(N)=O)ccc1n2C. The Morgan fingerprint density at radius 3 is 2.43 bits per heavy atom. The predicted octanol–water partition coefficient (Wildman–Crippen LogP) is 2.99. The van der Waals surface area contributed by atoms with Gasteiger partial charge in [0.05, 0.1) is 23.8 Å². The van der Waals surface area contributed by atoms with Crippen LogP contribution in [-0.4, -0.2) is 29.4 Å². The summed E-state index contributed by atoms with van der Waals surface area (Å²) in [4.78, 5) is 37.3. The molecule has 3 aromatic carbocycles. The second-order valence-corrected chi connectivity index (χ2v) is 7.21. The van der Waals surface area contributed by atoms with Gasteiger partial charge in [0, 0.05) is 40.0 Å². The topological polar surface area (TPSA) is 103 Å². The zero-order valence-electron chi connectivity index (χ0n) is 16.3. The van der Waals surface area contributed by atoms with E-state index < -0.39 is 17.7 Å². The number of aryl methyl sites for hydroxylation is 1. The van der Waals surface area contributed by atoms with Crippen LogP contribution in [0.4, 0.5) is 0 Å². The Morgan fingerprint density at radius 2 is 1.70 bits per heavy atom. The number of nitrogens with zero attached hydrogens (tertiary/aromatic N) is 1. The number of carbonyl (C=O) groups is 3. The van der Waals surface area contributed by atoms with E-state index in [1.807, 2.05) is 35.9 Å². The van der Waals surface area contributed by atoms with E-state index in [-0.39, 0.29) is 0 Å². The van der Waals surface area contributed by atoms with Crippen LogP contribution >= 0.6 is 0 Å². The number of amides is 3. The second-order valence-electron chi connectivity index (χ2n) is 7.21. The lowest BCUT2D eigenvalue weighted by molar-refractivity contribution is 0.0879. The number of rotatable bonds is 3.